The van der Waals surface area contributed by atoms with Gasteiger partial charge in [0.25, 0.3) is 0 Å². The molecule has 3 rings (SSSR count). The van der Waals surface area contributed by atoms with E-state index in [0.717, 1.165) is 36.5 Å². The van der Waals surface area contributed by atoms with Crippen molar-refractivity contribution >= 4 is 5.91 Å². The second-order valence-corrected chi connectivity index (χ2v) is 6.30. The topological polar surface area (TPSA) is 72.4 Å². The molecule has 5 nitrogen and oxygen atoms in total. The first kappa shape index (κ1) is 13.6. The van der Waals surface area contributed by atoms with Gasteiger partial charge in [0.2, 0.25) is 5.91 Å². The summed E-state index contributed by atoms with van der Waals surface area (Å²) in [5, 5.41) is 3.91. The molecule has 1 amide bonds. The van der Waals surface area contributed by atoms with Crippen molar-refractivity contribution in [2.45, 2.75) is 45.6 Å². The van der Waals surface area contributed by atoms with Crippen molar-refractivity contribution in [2.24, 2.45) is 17.6 Å². The average Bonchev–Trinajstić information content (AvgIpc) is 2.98. The van der Waals surface area contributed by atoms with Gasteiger partial charge in [0.1, 0.15) is 5.76 Å². The predicted octanol–water partition coefficient (Wildman–Crippen LogP) is 1.42. The molecule has 0 spiro atoms. The summed E-state index contributed by atoms with van der Waals surface area (Å²) in [6.45, 7) is 5.45. The summed E-state index contributed by atoms with van der Waals surface area (Å²) in [6.07, 6.45) is 3.92. The summed E-state index contributed by atoms with van der Waals surface area (Å²) in [7, 11) is 0. The molecule has 1 aliphatic carbocycles. The molecule has 1 aromatic rings. The number of fused-ring (bicyclic) bond motifs is 1. The third-order valence-corrected chi connectivity index (χ3v) is 5.02. The zero-order chi connectivity index (χ0) is 14.3. The largest absolute Gasteiger partial charge is 0.361 e. The number of amides is 1. The summed E-state index contributed by atoms with van der Waals surface area (Å²) in [5.41, 5.74) is 7.97. The maximum atomic E-state index is 12.5. The molecule has 3 atom stereocenters. The van der Waals surface area contributed by atoms with Crippen LogP contribution in [0.1, 0.15) is 36.3 Å². The van der Waals surface area contributed by atoms with E-state index in [1.807, 2.05) is 18.7 Å². The Kier molecular flexibility index (Phi) is 3.54. The number of rotatable bonds is 2. The van der Waals surface area contributed by atoms with E-state index in [0.29, 0.717) is 18.3 Å². The number of hydrogen-bond donors (Lipinski definition) is 1. The van der Waals surface area contributed by atoms with Gasteiger partial charge in [0.05, 0.1) is 12.1 Å². The number of aryl methyl sites for hydroxylation is 2. The van der Waals surface area contributed by atoms with Crippen LogP contribution >= 0.6 is 0 Å². The molecule has 1 saturated heterocycles. The summed E-state index contributed by atoms with van der Waals surface area (Å²) in [5.74, 6) is 2.04. The molecule has 2 heterocycles. The van der Waals surface area contributed by atoms with Crippen LogP contribution < -0.4 is 5.73 Å². The fourth-order valence-electron chi connectivity index (χ4n) is 3.74. The molecule has 110 valence electrons. The minimum atomic E-state index is 0.181. The van der Waals surface area contributed by atoms with Crippen molar-refractivity contribution < 1.29 is 9.32 Å². The molecule has 1 saturated carbocycles. The van der Waals surface area contributed by atoms with Gasteiger partial charge in [0.15, 0.2) is 0 Å². The highest BCUT2D eigenvalue weighted by Crippen LogP contribution is 2.35. The van der Waals surface area contributed by atoms with Crippen molar-refractivity contribution in [1.29, 1.82) is 0 Å². The standard InChI is InChI=1S/C15H23N3O2/c1-9-12(10(2)20-17-9)6-15(19)18-7-11-4-3-5-14(16)13(11)8-18/h11,13-14H,3-8,16H2,1-2H3. The lowest BCUT2D eigenvalue weighted by molar-refractivity contribution is -0.129. The molecule has 2 fully saturated rings. The monoisotopic (exact) mass is 277 g/mol. The smallest absolute Gasteiger partial charge is 0.227 e. The zero-order valence-corrected chi connectivity index (χ0v) is 12.3. The van der Waals surface area contributed by atoms with E-state index in [1.165, 1.54) is 12.8 Å². The quantitative estimate of drug-likeness (QED) is 0.887. The fourth-order valence-corrected chi connectivity index (χ4v) is 3.74. The van der Waals surface area contributed by atoms with E-state index in [2.05, 4.69) is 5.16 Å². The Balaban J connectivity index is 1.67. The molecule has 1 aromatic heterocycles. The highest BCUT2D eigenvalue weighted by Gasteiger charge is 2.40. The lowest BCUT2D eigenvalue weighted by Crippen LogP contribution is -2.38. The molecule has 5 heteroatoms. The third kappa shape index (κ3) is 2.35. The van der Waals surface area contributed by atoms with Crippen LogP contribution in [0.25, 0.3) is 0 Å². The van der Waals surface area contributed by atoms with Crippen LogP contribution in [0.15, 0.2) is 4.52 Å². The first-order chi connectivity index (χ1) is 9.56. The molecule has 20 heavy (non-hydrogen) atoms. The highest BCUT2D eigenvalue weighted by atomic mass is 16.5. The number of carbonyl (C=O) groups is 1. The molecule has 0 bridgehead atoms. The maximum Gasteiger partial charge on any atom is 0.227 e. The third-order valence-electron chi connectivity index (χ3n) is 5.02. The van der Waals surface area contributed by atoms with E-state index >= 15 is 0 Å². The number of likely N-dealkylation sites (tertiary alicyclic amines) is 1. The Labute approximate surface area is 119 Å². The van der Waals surface area contributed by atoms with Crippen LogP contribution in [-0.4, -0.2) is 35.1 Å². The van der Waals surface area contributed by atoms with Gasteiger partial charge in [0, 0.05) is 24.7 Å². The van der Waals surface area contributed by atoms with Crippen molar-refractivity contribution in [3.8, 4) is 0 Å². The molecule has 2 aliphatic rings. The Morgan fingerprint density at radius 3 is 2.85 bits per heavy atom. The first-order valence-corrected chi connectivity index (χ1v) is 7.51. The predicted molar refractivity (Wildman–Crippen MR) is 75.1 cm³/mol. The summed E-state index contributed by atoms with van der Waals surface area (Å²) in [6, 6.07) is 0.269. The van der Waals surface area contributed by atoms with Gasteiger partial charge < -0.3 is 15.2 Å². The minimum absolute atomic E-state index is 0.181. The summed E-state index contributed by atoms with van der Waals surface area (Å²) < 4.78 is 5.13. The van der Waals surface area contributed by atoms with Crippen LogP contribution in [0.2, 0.25) is 0 Å². The van der Waals surface area contributed by atoms with E-state index in [9.17, 15) is 4.79 Å². The number of aromatic nitrogens is 1. The number of nitrogens with two attached hydrogens (primary N) is 1. The second-order valence-electron chi connectivity index (χ2n) is 6.30. The zero-order valence-electron chi connectivity index (χ0n) is 12.3. The molecular weight excluding hydrogens is 254 g/mol. The van der Waals surface area contributed by atoms with Crippen LogP contribution in [0, 0.1) is 25.7 Å². The van der Waals surface area contributed by atoms with Crippen LogP contribution in [0.3, 0.4) is 0 Å². The second kappa shape index (κ2) is 5.20. The van der Waals surface area contributed by atoms with Crippen molar-refractivity contribution in [3.05, 3.63) is 17.0 Å². The van der Waals surface area contributed by atoms with Crippen molar-refractivity contribution in [2.75, 3.05) is 13.1 Å². The molecular formula is C15H23N3O2. The molecule has 1 aliphatic heterocycles. The molecule has 0 aromatic carbocycles. The normalized spacial score (nSPS) is 29.6. The Hall–Kier alpha value is -1.36. The van der Waals surface area contributed by atoms with Gasteiger partial charge in [-0.2, -0.15) is 0 Å². The Bertz CT molecular complexity index is 492. The first-order valence-electron chi connectivity index (χ1n) is 7.51. The van der Waals surface area contributed by atoms with Crippen LogP contribution in [-0.2, 0) is 11.2 Å². The van der Waals surface area contributed by atoms with E-state index in [-0.39, 0.29) is 11.9 Å². The minimum Gasteiger partial charge on any atom is -0.361 e. The van der Waals surface area contributed by atoms with Crippen LogP contribution in [0.4, 0.5) is 0 Å². The highest BCUT2D eigenvalue weighted by molar-refractivity contribution is 5.79. The number of carbonyl (C=O) groups excluding carboxylic acids is 1. The number of nitrogens with zero attached hydrogens (tertiary/aromatic N) is 2. The van der Waals surface area contributed by atoms with E-state index < -0.39 is 0 Å². The summed E-state index contributed by atoms with van der Waals surface area (Å²) >= 11 is 0. The lowest BCUT2D eigenvalue weighted by Gasteiger charge is -2.29. The van der Waals surface area contributed by atoms with E-state index in [1.54, 1.807) is 0 Å². The molecule has 2 N–H and O–H groups in total. The molecule has 3 unspecified atom stereocenters. The SMILES string of the molecule is Cc1noc(C)c1CC(=O)N1CC2CCCC(N)C2C1. The number of hydrogen-bond acceptors (Lipinski definition) is 4. The molecule has 0 radical (unpaired) electrons. The van der Waals surface area contributed by atoms with Gasteiger partial charge in [-0.25, -0.2) is 0 Å². The van der Waals surface area contributed by atoms with Gasteiger partial charge in [-0.1, -0.05) is 11.6 Å². The van der Waals surface area contributed by atoms with Gasteiger partial charge in [-0.15, -0.1) is 0 Å². The van der Waals surface area contributed by atoms with Crippen LogP contribution in [0.5, 0.6) is 0 Å². The van der Waals surface area contributed by atoms with Gasteiger partial charge >= 0.3 is 0 Å². The Morgan fingerprint density at radius 1 is 1.40 bits per heavy atom. The van der Waals surface area contributed by atoms with Crippen molar-refractivity contribution in [1.82, 2.24) is 10.1 Å². The summed E-state index contributed by atoms with van der Waals surface area (Å²) in [4.78, 5) is 14.5. The lowest BCUT2D eigenvalue weighted by atomic mass is 9.78. The average molecular weight is 277 g/mol. The fraction of sp³-hybridized carbons (Fsp3) is 0.733. The van der Waals surface area contributed by atoms with E-state index in [4.69, 9.17) is 10.3 Å². The van der Waals surface area contributed by atoms with Crippen molar-refractivity contribution in [3.63, 3.8) is 0 Å². The Morgan fingerprint density at radius 2 is 2.20 bits per heavy atom. The van der Waals surface area contributed by atoms with Gasteiger partial charge in [-0.3, -0.25) is 4.79 Å². The van der Waals surface area contributed by atoms with Gasteiger partial charge in [-0.05, 0) is 38.5 Å². The maximum absolute atomic E-state index is 12.5.